The predicted molar refractivity (Wildman–Crippen MR) is 147 cm³/mol. The van der Waals surface area contributed by atoms with Crippen molar-refractivity contribution in [3.8, 4) is 0 Å². The van der Waals surface area contributed by atoms with Gasteiger partial charge in [-0.15, -0.1) is 0 Å². The lowest BCUT2D eigenvalue weighted by atomic mass is 9.98. The summed E-state index contributed by atoms with van der Waals surface area (Å²) in [5, 5.41) is 6.65. The summed E-state index contributed by atoms with van der Waals surface area (Å²) >= 11 is 0. The van der Waals surface area contributed by atoms with Crippen molar-refractivity contribution in [2.45, 2.75) is 71.0 Å². The highest BCUT2D eigenvalue weighted by Gasteiger charge is 2.17. The number of nitrogens with zero attached hydrogens (tertiary/aromatic N) is 7. The minimum Gasteiger partial charge on any atom is -0.337 e. The lowest BCUT2D eigenvalue weighted by Crippen LogP contribution is -2.35. The van der Waals surface area contributed by atoms with E-state index in [0.29, 0.717) is 5.92 Å². The van der Waals surface area contributed by atoms with Crippen LogP contribution in [-0.4, -0.2) is 51.9 Å². The second-order valence-electron chi connectivity index (χ2n) is 10.1. The molecule has 1 aromatic carbocycles. The molecule has 7 nitrogen and oxygen atoms in total. The Kier molecular flexibility index (Phi) is 10.6. The number of hydrazone groups is 1. The molecule has 0 N–H and O–H groups in total. The molecule has 4 rings (SSSR count). The van der Waals surface area contributed by atoms with Crippen LogP contribution in [0.1, 0.15) is 51.4 Å². The maximum absolute atomic E-state index is 4.68. The van der Waals surface area contributed by atoms with Gasteiger partial charge in [0.2, 0.25) is 6.33 Å². The Hall–Kier alpha value is -2.93. The summed E-state index contributed by atoms with van der Waals surface area (Å²) in [4.78, 5) is 6.75. The van der Waals surface area contributed by atoms with Crippen LogP contribution < -0.4 is 9.58 Å². The van der Waals surface area contributed by atoms with Crippen molar-refractivity contribution in [2.24, 2.45) is 11.0 Å². The molecule has 0 bridgehead atoms. The van der Waals surface area contributed by atoms with E-state index >= 15 is 0 Å². The van der Waals surface area contributed by atoms with Crippen LogP contribution in [-0.2, 0) is 19.6 Å². The molecule has 194 valence electrons. The fourth-order valence-corrected chi connectivity index (χ4v) is 4.92. The molecular weight excluding hydrogens is 446 g/mol. The topological polar surface area (TPSA) is 45.5 Å². The monoisotopic (exact) mass is 490 g/mol. The van der Waals surface area contributed by atoms with E-state index in [0.717, 1.165) is 25.3 Å². The molecule has 1 saturated heterocycles. The highest BCUT2D eigenvalue weighted by Crippen LogP contribution is 2.17. The first kappa shape index (κ1) is 26.1. The standard InChI is InChI=1S/C29H44N7/c1-32(29-11-5-4-6-12-29)31-25-28-13-20-33(21-14-28)16-7-2-3-8-18-35-23-24-36(27-35)19-10-9-17-34-22-15-30-26-34/h4-6,11-12,15,22-28H,2-3,7-10,13-14,16-21H2,1H3/q+1/b31-25+. The first-order chi connectivity index (χ1) is 17.8. The highest BCUT2D eigenvalue weighted by molar-refractivity contribution is 5.63. The van der Waals surface area contributed by atoms with Gasteiger partial charge in [-0.25, -0.2) is 14.1 Å². The van der Waals surface area contributed by atoms with E-state index in [1.165, 1.54) is 71.0 Å². The first-order valence-corrected chi connectivity index (χ1v) is 13.8. The van der Waals surface area contributed by atoms with Gasteiger partial charge in [0.1, 0.15) is 12.4 Å². The molecule has 3 heterocycles. The van der Waals surface area contributed by atoms with Crippen LogP contribution in [0.25, 0.3) is 0 Å². The number of likely N-dealkylation sites (tertiary alicyclic amines) is 1. The molecule has 2 aromatic heterocycles. The van der Waals surface area contributed by atoms with Crippen molar-refractivity contribution < 1.29 is 4.57 Å². The quantitative estimate of drug-likeness (QED) is 0.132. The molecule has 3 aromatic rings. The third-order valence-corrected chi connectivity index (χ3v) is 7.24. The maximum atomic E-state index is 4.68. The molecule has 0 spiro atoms. The van der Waals surface area contributed by atoms with Gasteiger partial charge in [0, 0.05) is 32.2 Å². The third-order valence-electron chi connectivity index (χ3n) is 7.24. The van der Waals surface area contributed by atoms with Crippen LogP contribution in [0.4, 0.5) is 5.69 Å². The van der Waals surface area contributed by atoms with E-state index in [4.69, 9.17) is 0 Å². The molecule has 0 atom stereocenters. The number of unbranched alkanes of at least 4 members (excludes halogenated alkanes) is 4. The fourth-order valence-electron chi connectivity index (χ4n) is 4.92. The van der Waals surface area contributed by atoms with Crippen LogP contribution in [0.15, 0.2) is 72.9 Å². The summed E-state index contributed by atoms with van der Waals surface area (Å²) in [5.41, 5.74) is 1.14. The van der Waals surface area contributed by atoms with Gasteiger partial charge >= 0.3 is 0 Å². The molecule has 0 saturated carbocycles. The summed E-state index contributed by atoms with van der Waals surface area (Å²) in [6, 6.07) is 10.4. The lowest BCUT2D eigenvalue weighted by Gasteiger charge is -2.30. The normalized spacial score (nSPS) is 15.1. The summed E-state index contributed by atoms with van der Waals surface area (Å²) < 4.78 is 6.82. The number of piperidine rings is 1. The molecule has 0 radical (unpaired) electrons. The average molecular weight is 491 g/mol. The zero-order chi connectivity index (χ0) is 24.8. The zero-order valence-corrected chi connectivity index (χ0v) is 22.0. The summed E-state index contributed by atoms with van der Waals surface area (Å²) in [5.74, 6) is 0.605. The van der Waals surface area contributed by atoms with Crippen molar-refractivity contribution in [2.75, 3.05) is 31.7 Å². The average Bonchev–Trinajstić information content (AvgIpc) is 3.61. The minimum absolute atomic E-state index is 0.605. The minimum atomic E-state index is 0.605. The van der Waals surface area contributed by atoms with Crippen molar-refractivity contribution >= 4 is 11.9 Å². The van der Waals surface area contributed by atoms with Crippen LogP contribution in [0.3, 0.4) is 0 Å². The van der Waals surface area contributed by atoms with Crippen LogP contribution >= 0.6 is 0 Å². The molecular formula is C29H44N7+. The number of hydrogen-bond donors (Lipinski definition) is 0. The van der Waals surface area contributed by atoms with E-state index in [9.17, 15) is 0 Å². The van der Waals surface area contributed by atoms with Gasteiger partial charge in [0.25, 0.3) is 0 Å². The number of benzene rings is 1. The van der Waals surface area contributed by atoms with E-state index in [1.54, 1.807) is 0 Å². The van der Waals surface area contributed by atoms with Crippen LogP contribution in [0, 0.1) is 5.92 Å². The molecule has 1 aliphatic rings. The van der Waals surface area contributed by atoms with Gasteiger partial charge in [-0.2, -0.15) is 5.10 Å². The van der Waals surface area contributed by atoms with Gasteiger partial charge in [-0.3, -0.25) is 5.01 Å². The maximum Gasteiger partial charge on any atom is 0.243 e. The third kappa shape index (κ3) is 8.94. The van der Waals surface area contributed by atoms with Crippen molar-refractivity contribution in [1.82, 2.24) is 19.0 Å². The number of aromatic nitrogens is 4. The zero-order valence-electron chi connectivity index (χ0n) is 22.0. The fraction of sp³-hybridized carbons (Fsp3) is 0.552. The van der Waals surface area contributed by atoms with Gasteiger partial charge in [-0.1, -0.05) is 24.6 Å². The van der Waals surface area contributed by atoms with E-state index < -0.39 is 0 Å². The molecule has 1 aliphatic heterocycles. The Morgan fingerprint density at radius 1 is 0.944 bits per heavy atom. The number of imidazole rings is 2. The van der Waals surface area contributed by atoms with Gasteiger partial charge in [-0.05, 0) is 82.6 Å². The smallest absolute Gasteiger partial charge is 0.243 e. The molecule has 36 heavy (non-hydrogen) atoms. The molecule has 7 heteroatoms. The van der Waals surface area contributed by atoms with Crippen LogP contribution in [0.5, 0.6) is 0 Å². The van der Waals surface area contributed by atoms with Gasteiger partial charge in [0.05, 0.1) is 25.1 Å². The molecule has 1 fully saturated rings. The molecule has 0 aliphatic carbocycles. The SMILES string of the molecule is CN(/N=C/C1CCN(CCCCCCn2cc[n+](CCCCn3ccnc3)c2)CC1)c1ccccc1. The Labute approximate surface area is 217 Å². The second kappa shape index (κ2) is 14.6. The Morgan fingerprint density at radius 3 is 2.47 bits per heavy atom. The summed E-state index contributed by atoms with van der Waals surface area (Å²) in [6.07, 6.45) is 24.7. The van der Waals surface area contributed by atoms with Crippen molar-refractivity contribution in [3.63, 3.8) is 0 Å². The Morgan fingerprint density at radius 2 is 1.69 bits per heavy atom. The number of para-hydroxylation sites is 1. The molecule has 0 amide bonds. The summed E-state index contributed by atoms with van der Waals surface area (Å²) in [6.45, 7) is 6.93. The predicted octanol–water partition coefficient (Wildman–Crippen LogP) is 4.85. The van der Waals surface area contributed by atoms with E-state index in [1.807, 2.05) is 36.8 Å². The highest BCUT2D eigenvalue weighted by atomic mass is 15.4. The number of anilines is 1. The Balaban J connectivity index is 1.00. The lowest BCUT2D eigenvalue weighted by molar-refractivity contribution is -0.696. The number of aryl methyl sites for hydroxylation is 3. The van der Waals surface area contributed by atoms with Gasteiger partial charge in [0.15, 0.2) is 0 Å². The number of rotatable bonds is 15. The second-order valence-corrected chi connectivity index (χ2v) is 10.1. The molecule has 0 unspecified atom stereocenters. The van der Waals surface area contributed by atoms with E-state index in [2.05, 4.69) is 77.9 Å². The Bertz CT molecular complexity index is 988. The van der Waals surface area contributed by atoms with E-state index in [-0.39, 0.29) is 0 Å². The number of hydrogen-bond acceptors (Lipinski definition) is 4. The van der Waals surface area contributed by atoms with Crippen LogP contribution in [0.2, 0.25) is 0 Å². The largest absolute Gasteiger partial charge is 0.337 e. The van der Waals surface area contributed by atoms with Crippen molar-refractivity contribution in [3.05, 3.63) is 67.8 Å². The van der Waals surface area contributed by atoms with Gasteiger partial charge < -0.3 is 9.47 Å². The summed E-state index contributed by atoms with van der Waals surface area (Å²) in [7, 11) is 2.03. The van der Waals surface area contributed by atoms with Crippen molar-refractivity contribution in [1.29, 1.82) is 0 Å². The first-order valence-electron chi connectivity index (χ1n) is 13.8.